The summed E-state index contributed by atoms with van der Waals surface area (Å²) in [4.78, 5) is 37.1. The second-order valence-corrected chi connectivity index (χ2v) is 5.58. The van der Waals surface area contributed by atoms with E-state index in [1.54, 1.807) is 37.2 Å². The summed E-state index contributed by atoms with van der Waals surface area (Å²) in [5.74, 6) is -0.315. The van der Waals surface area contributed by atoms with Gasteiger partial charge in [-0.25, -0.2) is 0 Å². The second-order valence-electron chi connectivity index (χ2n) is 5.58. The van der Waals surface area contributed by atoms with Crippen molar-refractivity contribution in [2.24, 2.45) is 7.05 Å². The molecule has 0 radical (unpaired) electrons. The van der Waals surface area contributed by atoms with E-state index in [0.29, 0.717) is 17.8 Å². The van der Waals surface area contributed by atoms with Crippen molar-refractivity contribution in [3.05, 3.63) is 58.0 Å². The Morgan fingerprint density at radius 2 is 1.96 bits per heavy atom. The Morgan fingerprint density at radius 1 is 1.17 bits per heavy atom. The smallest absolute Gasteiger partial charge is 0.255 e. The van der Waals surface area contributed by atoms with Crippen LogP contribution >= 0.6 is 0 Å². The number of aryl methyl sites for hydroxylation is 1. The summed E-state index contributed by atoms with van der Waals surface area (Å²) in [6, 6.07) is 8.38. The van der Waals surface area contributed by atoms with Crippen molar-refractivity contribution in [1.29, 1.82) is 0 Å². The highest BCUT2D eigenvalue weighted by Crippen LogP contribution is 2.30. The van der Waals surface area contributed by atoms with Crippen LogP contribution in [0.3, 0.4) is 0 Å². The van der Waals surface area contributed by atoms with Crippen LogP contribution < -0.4 is 15.8 Å². The molecule has 0 atom stereocenters. The van der Waals surface area contributed by atoms with Crippen LogP contribution in [0.15, 0.2) is 41.3 Å². The second kappa shape index (κ2) is 5.72. The molecule has 0 unspecified atom stereocenters. The number of pyridine rings is 1. The molecule has 1 aromatic carbocycles. The molecule has 3 rings (SSSR count). The Labute approximate surface area is 133 Å². The van der Waals surface area contributed by atoms with Crippen molar-refractivity contribution >= 4 is 23.2 Å². The van der Waals surface area contributed by atoms with Gasteiger partial charge in [0.15, 0.2) is 0 Å². The fourth-order valence-corrected chi connectivity index (χ4v) is 2.70. The molecule has 2 heterocycles. The van der Waals surface area contributed by atoms with Crippen LogP contribution in [0.2, 0.25) is 0 Å². The van der Waals surface area contributed by atoms with Gasteiger partial charge >= 0.3 is 0 Å². The summed E-state index contributed by atoms with van der Waals surface area (Å²) in [6.45, 7) is 2.21. The van der Waals surface area contributed by atoms with Crippen LogP contribution in [-0.2, 0) is 18.3 Å². The van der Waals surface area contributed by atoms with E-state index in [2.05, 4.69) is 5.32 Å². The number of rotatable bonds is 2. The van der Waals surface area contributed by atoms with Crippen molar-refractivity contribution in [2.75, 3.05) is 16.8 Å². The van der Waals surface area contributed by atoms with Crippen LogP contribution in [0.5, 0.6) is 0 Å². The fourth-order valence-electron chi connectivity index (χ4n) is 2.70. The predicted octanol–water partition coefficient (Wildman–Crippen LogP) is 1.55. The number of fused-ring (bicyclic) bond motifs is 1. The molecule has 0 bridgehead atoms. The van der Waals surface area contributed by atoms with Gasteiger partial charge < -0.3 is 14.8 Å². The molecule has 6 nitrogen and oxygen atoms in total. The average Bonchev–Trinajstić information content (AvgIpc) is 2.93. The lowest BCUT2D eigenvalue weighted by Gasteiger charge is -2.15. The van der Waals surface area contributed by atoms with Crippen molar-refractivity contribution in [1.82, 2.24) is 4.57 Å². The third-order valence-electron chi connectivity index (χ3n) is 3.98. The largest absolute Gasteiger partial charge is 0.322 e. The quantitative estimate of drug-likeness (QED) is 0.914. The zero-order valence-electron chi connectivity index (χ0n) is 13.0. The highest BCUT2D eigenvalue weighted by molar-refractivity contribution is 6.04. The molecule has 2 amide bonds. The Balaban J connectivity index is 1.81. The number of nitrogens with one attached hydrogen (secondary N) is 1. The molecule has 1 aliphatic heterocycles. The first-order valence-corrected chi connectivity index (χ1v) is 7.35. The molecular formula is C17H17N3O3. The molecule has 118 valence electrons. The Hall–Kier alpha value is -2.89. The maximum absolute atomic E-state index is 12.2. The summed E-state index contributed by atoms with van der Waals surface area (Å²) >= 11 is 0. The topological polar surface area (TPSA) is 71.4 Å². The lowest BCUT2D eigenvalue weighted by molar-refractivity contribution is -0.116. The molecule has 1 aliphatic rings. The summed E-state index contributed by atoms with van der Waals surface area (Å²) in [5, 5.41) is 2.79. The Bertz CT molecular complexity index is 854. The molecule has 0 aliphatic carbocycles. The summed E-state index contributed by atoms with van der Waals surface area (Å²) in [5.41, 5.74) is 2.66. The minimum absolute atomic E-state index is 0.0145. The van der Waals surface area contributed by atoms with Crippen molar-refractivity contribution in [2.45, 2.75) is 13.3 Å². The minimum Gasteiger partial charge on any atom is -0.322 e. The normalized spacial score (nSPS) is 12.9. The highest BCUT2D eigenvalue weighted by atomic mass is 16.2. The number of anilines is 2. The number of aromatic nitrogens is 1. The van der Waals surface area contributed by atoms with Gasteiger partial charge in [0.1, 0.15) is 0 Å². The van der Waals surface area contributed by atoms with Crippen LogP contribution in [-0.4, -0.2) is 22.9 Å². The van der Waals surface area contributed by atoms with E-state index >= 15 is 0 Å². The minimum atomic E-state index is -0.330. The summed E-state index contributed by atoms with van der Waals surface area (Å²) < 4.78 is 1.41. The van der Waals surface area contributed by atoms with Crippen LogP contribution in [0.4, 0.5) is 11.4 Å². The number of amides is 2. The zero-order valence-corrected chi connectivity index (χ0v) is 13.0. The lowest BCUT2D eigenvalue weighted by atomic mass is 10.1. The van der Waals surface area contributed by atoms with Gasteiger partial charge in [-0.2, -0.15) is 0 Å². The van der Waals surface area contributed by atoms with Gasteiger partial charge in [0.25, 0.3) is 11.5 Å². The standard InChI is InChI=1S/C17H17N3O3/c1-11(21)20-8-6-12-9-14(3-4-15(12)20)18-17(23)13-5-7-19(2)16(22)10-13/h3-5,7,9-10H,6,8H2,1-2H3,(H,18,23). The molecular weight excluding hydrogens is 294 g/mol. The first-order valence-electron chi connectivity index (χ1n) is 7.35. The van der Waals surface area contributed by atoms with Crippen molar-refractivity contribution in [3.8, 4) is 0 Å². The highest BCUT2D eigenvalue weighted by Gasteiger charge is 2.22. The van der Waals surface area contributed by atoms with E-state index in [4.69, 9.17) is 0 Å². The average molecular weight is 311 g/mol. The maximum Gasteiger partial charge on any atom is 0.255 e. The number of carbonyl (C=O) groups excluding carboxylic acids is 2. The van der Waals surface area contributed by atoms with Gasteiger partial charge in [-0.15, -0.1) is 0 Å². The molecule has 0 saturated carbocycles. The molecule has 23 heavy (non-hydrogen) atoms. The fraction of sp³-hybridized carbons (Fsp3) is 0.235. The molecule has 0 spiro atoms. The van der Waals surface area contributed by atoms with E-state index < -0.39 is 0 Å². The summed E-state index contributed by atoms with van der Waals surface area (Å²) in [7, 11) is 1.63. The van der Waals surface area contributed by atoms with Gasteiger partial charge in [-0.05, 0) is 36.2 Å². The molecule has 6 heteroatoms. The van der Waals surface area contributed by atoms with Gasteiger partial charge in [-0.1, -0.05) is 0 Å². The Kier molecular flexibility index (Phi) is 3.73. The molecule has 2 aromatic rings. The monoisotopic (exact) mass is 311 g/mol. The van der Waals surface area contributed by atoms with E-state index in [1.165, 1.54) is 10.6 Å². The number of benzene rings is 1. The van der Waals surface area contributed by atoms with Crippen molar-refractivity contribution in [3.63, 3.8) is 0 Å². The lowest BCUT2D eigenvalue weighted by Crippen LogP contribution is -2.25. The molecule has 1 N–H and O–H groups in total. The van der Waals surface area contributed by atoms with Crippen LogP contribution in [0.25, 0.3) is 0 Å². The van der Waals surface area contributed by atoms with Crippen molar-refractivity contribution < 1.29 is 9.59 Å². The van der Waals surface area contributed by atoms with Crippen LogP contribution in [0.1, 0.15) is 22.8 Å². The van der Waals surface area contributed by atoms with Gasteiger partial charge in [-0.3, -0.25) is 14.4 Å². The number of nitrogens with zero attached hydrogens (tertiary/aromatic N) is 2. The van der Waals surface area contributed by atoms with Crippen LogP contribution in [0, 0.1) is 0 Å². The van der Waals surface area contributed by atoms with Gasteiger partial charge in [0.2, 0.25) is 5.91 Å². The van der Waals surface area contributed by atoms with Gasteiger partial charge in [0.05, 0.1) is 0 Å². The van der Waals surface area contributed by atoms with E-state index in [0.717, 1.165) is 17.7 Å². The number of hydrogen-bond donors (Lipinski definition) is 1. The van der Waals surface area contributed by atoms with E-state index in [-0.39, 0.29) is 17.4 Å². The molecule has 0 fully saturated rings. The van der Waals surface area contributed by atoms with Gasteiger partial charge in [0, 0.05) is 49.7 Å². The SMILES string of the molecule is CC(=O)N1CCc2cc(NC(=O)c3ccn(C)c(=O)c3)ccc21. The maximum atomic E-state index is 12.2. The van der Waals surface area contributed by atoms with E-state index in [1.807, 2.05) is 12.1 Å². The third kappa shape index (κ3) is 2.88. The first kappa shape index (κ1) is 15.0. The predicted molar refractivity (Wildman–Crippen MR) is 87.8 cm³/mol. The third-order valence-corrected chi connectivity index (χ3v) is 3.98. The molecule has 0 saturated heterocycles. The number of hydrogen-bond acceptors (Lipinski definition) is 3. The Morgan fingerprint density at radius 3 is 2.65 bits per heavy atom. The number of carbonyl (C=O) groups is 2. The molecule has 1 aromatic heterocycles. The zero-order chi connectivity index (χ0) is 16.6. The first-order chi connectivity index (χ1) is 11.0. The summed E-state index contributed by atoms with van der Waals surface area (Å²) in [6.07, 6.45) is 2.33. The van der Waals surface area contributed by atoms with E-state index in [9.17, 15) is 14.4 Å².